The summed E-state index contributed by atoms with van der Waals surface area (Å²) in [6.45, 7) is 2.12. The van der Waals surface area contributed by atoms with Gasteiger partial charge in [-0.25, -0.2) is 13.1 Å². The third-order valence-electron chi connectivity index (χ3n) is 5.23. The molecule has 28 heavy (non-hydrogen) atoms. The van der Waals surface area contributed by atoms with Crippen molar-refractivity contribution in [3.63, 3.8) is 0 Å². The van der Waals surface area contributed by atoms with Crippen molar-refractivity contribution in [1.82, 2.24) is 9.78 Å². The van der Waals surface area contributed by atoms with Gasteiger partial charge in [-0.05, 0) is 25.5 Å². The highest BCUT2D eigenvalue weighted by molar-refractivity contribution is 7.91. The molecule has 2 amide bonds. The number of aromatic nitrogens is 2. The number of hydrogen-bond donors (Lipinski definition) is 1. The highest BCUT2D eigenvalue weighted by Gasteiger charge is 2.36. The van der Waals surface area contributed by atoms with Gasteiger partial charge in [-0.3, -0.25) is 9.59 Å². The van der Waals surface area contributed by atoms with Gasteiger partial charge >= 0.3 is 0 Å². The largest absolute Gasteiger partial charge is 0.312 e. The number of carbonyl (C=O) groups is 2. The summed E-state index contributed by atoms with van der Waals surface area (Å²) in [7, 11) is -3.07. The van der Waals surface area contributed by atoms with Crippen LogP contribution in [0.15, 0.2) is 36.4 Å². The normalized spacial score (nSPS) is 23.9. The Balaban J connectivity index is 1.48. The number of aryl methyl sites for hydroxylation is 1. The van der Waals surface area contributed by atoms with Crippen LogP contribution in [0, 0.1) is 12.8 Å². The van der Waals surface area contributed by atoms with Gasteiger partial charge in [0.25, 0.3) is 0 Å². The van der Waals surface area contributed by atoms with Crippen LogP contribution in [0.1, 0.15) is 24.6 Å². The number of nitrogens with one attached hydrogen (secondary N) is 1. The van der Waals surface area contributed by atoms with Crippen LogP contribution in [-0.2, 0) is 19.4 Å². The monoisotopic (exact) mass is 402 g/mol. The molecule has 2 fully saturated rings. The van der Waals surface area contributed by atoms with Gasteiger partial charge < -0.3 is 10.2 Å². The minimum Gasteiger partial charge on any atom is -0.312 e. The first-order valence-electron chi connectivity index (χ1n) is 9.25. The van der Waals surface area contributed by atoms with Crippen LogP contribution in [0.2, 0.25) is 0 Å². The first kappa shape index (κ1) is 18.7. The van der Waals surface area contributed by atoms with E-state index in [0.717, 1.165) is 5.69 Å². The maximum atomic E-state index is 12.8. The number of sulfone groups is 1. The molecule has 2 aromatic rings. The van der Waals surface area contributed by atoms with Crippen molar-refractivity contribution in [3.05, 3.63) is 42.1 Å². The number of hydrogen-bond acceptors (Lipinski definition) is 5. The quantitative estimate of drug-likeness (QED) is 0.836. The van der Waals surface area contributed by atoms with E-state index in [2.05, 4.69) is 10.4 Å². The minimum atomic E-state index is -3.07. The summed E-state index contributed by atoms with van der Waals surface area (Å²) >= 11 is 0. The molecule has 0 saturated carbocycles. The molecule has 3 heterocycles. The van der Waals surface area contributed by atoms with Gasteiger partial charge in [0, 0.05) is 24.7 Å². The Bertz CT molecular complexity index is 1020. The van der Waals surface area contributed by atoms with Crippen LogP contribution in [0.3, 0.4) is 0 Å². The number of para-hydroxylation sites is 1. The Morgan fingerprint density at radius 3 is 2.68 bits per heavy atom. The number of nitrogens with zero attached hydrogens (tertiary/aromatic N) is 3. The lowest BCUT2D eigenvalue weighted by Gasteiger charge is -2.17. The van der Waals surface area contributed by atoms with Gasteiger partial charge in [0.15, 0.2) is 9.84 Å². The molecule has 0 spiro atoms. The molecule has 0 aliphatic carbocycles. The van der Waals surface area contributed by atoms with Gasteiger partial charge in [0.2, 0.25) is 11.8 Å². The number of anilines is 2. The van der Waals surface area contributed by atoms with E-state index in [-0.39, 0.29) is 35.8 Å². The fraction of sp³-hybridized carbons (Fsp3) is 0.421. The van der Waals surface area contributed by atoms with Gasteiger partial charge in [-0.1, -0.05) is 18.2 Å². The van der Waals surface area contributed by atoms with E-state index in [1.54, 1.807) is 22.6 Å². The molecule has 148 valence electrons. The van der Waals surface area contributed by atoms with E-state index < -0.39 is 15.8 Å². The third-order valence-corrected chi connectivity index (χ3v) is 6.98. The first-order chi connectivity index (χ1) is 13.3. The molecule has 0 unspecified atom stereocenters. The van der Waals surface area contributed by atoms with Gasteiger partial charge in [-0.2, -0.15) is 5.10 Å². The van der Waals surface area contributed by atoms with Crippen molar-refractivity contribution in [2.24, 2.45) is 5.92 Å². The second-order valence-corrected chi connectivity index (χ2v) is 9.63. The van der Waals surface area contributed by atoms with Crippen LogP contribution in [0.25, 0.3) is 0 Å². The van der Waals surface area contributed by atoms with Gasteiger partial charge in [0.05, 0.1) is 29.2 Å². The third kappa shape index (κ3) is 3.66. The first-order valence-corrected chi connectivity index (χ1v) is 11.1. The molecule has 1 N–H and O–H groups in total. The summed E-state index contributed by atoms with van der Waals surface area (Å²) in [5.41, 5.74) is 1.48. The topological polar surface area (TPSA) is 101 Å². The lowest BCUT2D eigenvalue weighted by Crippen LogP contribution is -2.29. The highest BCUT2D eigenvalue weighted by Crippen LogP contribution is 2.29. The second kappa shape index (κ2) is 7.05. The van der Waals surface area contributed by atoms with Crippen LogP contribution in [0.4, 0.5) is 11.5 Å². The minimum absolute atomic E-state index is 0.0285. The van der Waals surface area contributed by atoms with E-state index in [9.17, 15) is 18.0 Å². The zero-order valence-electron chi connectivity index (χ0n) is 15.5. The lowest BCUT2D eigenvalue weighted by atomic mass is 10.1. The summed E-state index contributed by atoms with van der Waals surface area (Å²) in [6.07, 6.45) is 0.627. The fourth-order valence-corrected chi connectivity index (χ4v) is 5.52. The fourth-order valence-electron chi connectivity index (χ4n) is 3.83. The predicted molar refractivity (Wildman–Crippen MR) is 105 cm³/mol. The molecular weight excluding hydrogens is 380 g/mol. The molecule has 8 nitrogen and oxygen atoms in total. The Morgan fingerprint density at radius 2 is 2.00 bits per heavy atom. The summed E-state index contributed by atoms with van der Waals surface area (Å²) in [6, 6.07) is 10.7. The maximum absolute atomic E-state index is 12.8. The molecule has 2 aliphatic rings. The highest BCUT2D eigenvalue weighted by atomic mass is 32.2. The average molecular weight is 402 g/mol. The zero-order valence-corrected chi connectivity index (χ0v) is 16.4. The molecule has 0 bridgehead atoms. The lowest BCUT2D eigenvalue weighted by molar-refractivity contribution is -0.122. The molecule has 4 rings (SSSR count). The van der Waals surface area contributed by atoms with Crippen LogP contribution < -0.4 is 10.2 Å². The van der Waals surface area contributed by atoms with Gasteiger partial charge in [0.1, 0.15) is 5.82 Å². The van der Waals surface area contributed by atoms with Crippen LogP contribution in [0.5, 0.6) is 0 Å². The number of amides is 2. The second-order valence-electron chi connectivity index (χ2n) is 7.40. The summed E-state index contributed by atoms with van der Waals surface area (Å²) in [5, 5.41) is 7.23. The standard InChI is InChI=1S/C19H22N4O4S/c1-13-9-17(23(21-13)16-7-8-28(26,27)12-16)20-19(25)14-10-18(24)22(11-14)15-5-3-2-4-6-15/h2-6,9,14,16H,7-8,10-12H2,1H3,(H,20,25)/t14-,16-/m0/s1. The van der Waals surface area contributed by atoms with E-state index in [0.29, 0.717) is 24.5 Å². The molecule has 1 aromatic heterocycles. The van der Waals surface area contributed by atoms with E-state index in [1.807, 2.05) is 30.3 Å². The number of carbonyl (C=O) groups excluding carboxylic acids is 2. The van der Waals surface area contributed by atoms with E-state index in [1.165, 1.54) is 0 Å². The SMILES string of the molecule is Cc1cc(NC(=O)[C@H]2CC(=O)N(c3ccccc3)C2)n([C@H]2CCS(=O)(=O)C2)n1. The molecular formula is C19H22N4O4S. The predicted octanol–water partition coefficient (Wildman–Crippen LogP) is 1.54. The molecule has 1 aromatic carbocycles. The molecule has 2 saturated heterocycles. The molecule has 0 radical (unpaired) electrons. The van der Waals surface area contributed by atoms with Crippen molar-refractivity contribution in [3.8, 4) is 0 Å². The average Bonchev–Trinajstić information content (AvgIpc) is 3.32. The summed E-state index contributed by atoms with van der Waals surface area (Å²) in [4.78, 5) is 26.8. The van der Waals surface area contributed by atoms with Crippen molar-refractivity contribution < 1.29 is 18.0 Å². The van der Waals surface area contributed by atoms with E-state index in [4.69, 9.17) is 0 Å². The number of rotatable bonds is 4. The smallest absolute Gasteiger partial charge is 0.230 e. The van der Waals surface area contributed by atoms with Crippen molar-refractivity contribution >= 4 is 33.2 Å². The van der Waals surface area contributed by atoms with Crippen LogP contribution in [-0.4, -0.2) is 48.1 Å². The zero-order chi connectivity index (χ0) is 19.9. The summed E-state index contributed by atoms with van der Waals surface area (Å²) in [5.74, 6) is -0.168. The van der Waals surface area contributed by atoms with Crippen molar-refractivity contribution in [1.29, 1.82) is 0 Å². The van der Waals surface area contributed by atoms with Crippen molar-refractivity contribution in [2.45, 2.75) is 25.8 Å². The Labute approximate surface area is 163 Å². The molecule has 2 atom stereocenters. The number of benzene rings is 1. The van der Waals surface area contributed by atoms with Crippen LogP contribution >= 0.6 is 0 Å². The Morgan fingerprint density at radius 1 is 1.25 bits per heavy atom. The summed E-state index contributed by atoms with van der Waals surface area (Å²) < 4.78 is 25.2. The van der Waals surface area contributed by atoms with E-state index >= 15 is 0 Å². The Kier molecular flexibility index (Phi) is 4.70. The van der Waals surface area contributed by atoms with Crippen molar-refractivity contribution in [2.75, 3.05) is 28.3 Å². The molecule has 2 aliphatic heterocycles. The Hall–Kier alpha value is -2.68. The van der Waals surface area contributed by atoms with Gasteiger partial charge in [-0.15, -0.1) is 0 Å². The maximum Gasteiger partial charge on any atom is 0.230 e. The molecule has 9 heteroatoms.